The molecule has 0 saturated carbocycles. The molecule has 1 aromatic heterocycles. The molecule has 0 radical (unpaired) electrons. The minimum Gasteiger partial charge on any atom is -0.454 e. The van der Waals surface area contributed by atoms with Crippen LogP contribution in [-0.2, 0) is 11.3 Å². The molecule has 2 aliphatic rings. The van der Waals surface area contributed by atoms with Gasteiger partial charge in [-0.1, -0.05) is 6.07 Å². The van der Waals surface area contributed by atoms with Crippen LogP contribution in [-0.4, -0.2) is 74.0 Å². The van der Waals surface area contributed by atoms with Gasteiger partial charge in [-0.15, -0.1) is 0 Å². The van der Waals surface area contributed by atoms with E-state index in [2.05, 4.69) is 31.2 Å². The third-order valence-electron chi connectivity index (χ3n) is 4.97. The number of benzene rings is 1. The first-order valence-electron chi connectivity index (χ1n) is 9.69. The minimum absolute atomic E-state index is 0.216. The van der Waals surface area contributed by atoms with Crippen LogP contribution in [0.2, 0.25) is 0 Å². The van der Waals surface area contributed by atoms with Crippen molar-refractivity contribution < 1.29 is 19.0 Å². The molecule has 1 N–H and O–H groups in total. The number of carbonyl (C=O) groups excluding carboxylic acids is 1. The van der Waals surface area contributed by atoms with E-state index in [1.54, 1.807) is 19.4 Å². The highest BCUT2D eigenvalue weighted by Crippen LogP contribution is 2.32. The van der Waals surface area contributed by atoms with E-state index in [9.17, 15) is 4.79 Å². The van der Waals surface area contributed by atoms with E-state index in [-0.39, 0.29) is 5.91 Å². The number of fused-ring (bicyclic) bond motifs is 1. The van der Waals surface area contributed by atoms with E-state index in [0.29, 0.717) is 31.6 Å². The molecule has 2 aromatic rings. The zero-order valence-corrected chi connectivity index (χ0v) is 16.5. The van der Waals surface area contributed by atoms with Crippen molar-refractivity contribution in [3.05, 3.63) is 41.7 Å². The molecule has 154 valence electrons. The van der Waals surface area contributed by atoms with Crippen molar-refractivity contribution in [2.24, 2.45) is 0 Å². The van der Waals surface area contributed by atoms with Crippen molar-refractivity contribution >= 4 is 11.9 Å². The predicted molar refractivity (Wildman–Crippen MR) is 106 cm³/mol. The first kappa shape index (κ1) is 19.4. The molecule has 4 rings (SSSR count). The van der Waals surface area contributed by atoms with E-state index in [1.807, 2.05) is 12.1 Å². The van der Waals surface area contributed by atoms with Gasteiger partial charge in [0.05, 0.1) is 6.61 Å². The molecule has 2 aliphatic heterocycles. The Kier molecular flexibility index (Phi) is 6.06. The van der Waals surface area contributed by atoms with Gasteiger partial charge < -0.3 is 24.4 Å². The second-order valence-electron chi connectivity index (χ2n) is 6.94. The SMILES string of the molecule is COCCNC(=O)c1ccnc(N2CCN(Cc3ccc4c(c3)OCO4)CC2)n1. The van der Waals surface area contributed by atoms with Crippen LogP contribution in [0.4, 0.5) is 5.95 Å². The summed E-state index contributed by atoms with van der Waals surface area (Å²) in [6.07, 6.45) is 1.63. The average Bonchev–Trinajstić information content (AvgIpc) is 3.22. The summed E-state index contributed by atoms with van der Waals surface area (Å²) in [6.45, 7) is 5.46. The number of carbonyl (C=O) groups is 1. The van der Waals surface area contributed by atoms with Gasteiger partial charge >= 0.3 is 0 Å². The molecule has 1 amide bonds. The Bertz CT molecular complexity index is 855. The lowest BCUT2D eigenvalue weighted by atomic mass is 10.1. The number of rotatable bonds is 7. The van der Waals surface area contributed by atoms with Gasteiger partial charge in [0.25, 0.3) is 5.91 Å². The van der Waals surface area contributed by atoms with Gasteiger partial charge in [0, 0.05) is 52.6 Å². The number of methoxy groups -OCH3 is 1. The van der Waals surface area contributed by atoms with Crippen molar-refractivity contribution in [1.29, 1.82) is 0 Å². The molecule has 29 heavy (non-hydrogen) atoms. The molecule has 0 atom stereocenters. The third-order valence-corrected chi connectivity index (χ3v) is 4.97. The summed E-state index contributed by atoms with van der Waals surface area (Å²) in [6, 6.07) is 7.71. The average molecular weight is 399 g/mol. The third kappa shape index (κ3) is 4.75. The van der Waals surface area contributed by atoms with Gasteiger partial charge in [0.1, 0.15) is 5.69 Å². The van der Waals surface area contributed by atoms with E-state index >= 15 is 0 Å². The largest absolute Gasteiger partial charge is 0.454 e. The van der Waals surface area contributed by atoms with Crippen LogP contribution >= 0.6 is 0 Å². The lowest BCUT2D eigenvalue weighted by molar-refractivity contribution is 0.0932. The van der Waals surface area contributed by atoms with Crippen LogP contribution in [0.15, 0.2) is 30.5 Å². The van der Waals surface area contributed by atoms with E-state index in [0.717, 1.165) is 44.2 Å². The molecular weight excluding hydrogens is 374 g/mol. The number of anilines is 1. The lowest BCUT2D eigenvalue weighted by Gasteiger charge is -2.34. The normalized spacial score (nSPS) is 16.1. The summed E-state index contributed by atoms with van der Waals surface area (Å²) < 4.78 is 15.8. The zero-order valence-electron chi connectivity index (χ0n) is 16.5. The van der Waals surface area contributed by atoms with Gasteiger partial charge in [0.15, 0.2) is 11.5 Å². The predicted octanol–water partition coefficient (Wildman–Crippen LogP) is 0.904. The topological polar surface area (TPSA) is 89.1 Å². The second-order valence-corrected chi connectivity index (χ2v) is 6.94. The van der Waals surface area contributed by atoms with Crippen molar-refractivity contribution in [3.63, 3.8) is 0 Å². The van der Waals surface area contributed by atoms with Crippen LogP contribution in [0.1, 0.15) is 16.1 Å². The van der Waals surface area contributed by atoms with Crippen LogP contribution in [0.3, 0.4) is 0 Å². The fraction of sp³-hybridized carbons (Fsp3) is 0.450. The monoisotopic (exact) mass is 399 g/mol. The molecule has 9 heteroatoms. The fourth-order valence-electron chi connectivity index (χ4n) is 3.39. The van der Waals surface area contributed by atoms with Crippen LogP contribution in [0, 0.1) is 0 Å². The molecule has 1 aromatic carbocycles. The maximum absolute atomic E-state index is 12.2. The van der Waals surface area contributed by atoms with Crippen LogP contribution < -0.4 is 19.7 Å². The quantitative estimate of drug-likeness (QED) is 0.687. The Morgan fingerprint density at radius 3 is 2.83 bits per heavy atom. The molecule has 9 nitrogen and oxygen atoms in total. The van der Waals surface area contributed by atoms with Crippen molar-refractivity contribution in [2.75, 3.05) is 58.1 Å². The van der Waals surface area contributed by atoms with E-state index in [4.69, 9.17) is 14.2 Å². The van der Waals surface area contributed by atoms with Gasteiger partial charge in [-0.05, 0) is 23.8 Å². The minimum atomic E-state index is -0.216. The maximum atomic E-state index is 12.2. The summed E-state index contributed by atoms with van der Waals surface area (Å²) in [5, 5.41) is 2.78. The number of ether oxygens (including phenoxy) is 3. The summed E-state index contributed by atoms with van der Waals surface area (Å²) in [4.78, 5) is 25.5. The van der Waals surface area contributed by atoms with Crippen LogP contribution in [0.5, 0.6) is 11.5 Å². The molecule has 0 bridgehead atoms. The Hall–Kier alpha value is -2.91. The zero-order chi connectivity index (χ0) is 20.1. The molecule has 0 aliphatic carbocycles. The van der Waals surface area contributed by atoms with Gasteiger partial charge in [-0.2, -0.15) is 0 Å². The Labute approximate surface area is 169 Å². The standard InChI is InChI=1S/C20H25N5O4/c1-27-11-6-21-19(26)16-4-5-22-20(23-16)25-9-7-24(8-10-25)13-15-2-3-17-18(12-15)29-14-28-17/h2-5,12H,6-11,13-14H2,1H3,(H,21,26). The smallest absolute Gasteiger partial charge is 0.270 e. The summed E-state index contributed by atoms with van der Waals surface area (Å²) in [5.41, 5.74) is 1.57. The molecule has 1 fully saturated rings. The second kappa shape index (κ2) is 9.06. The molecule has 0 unspecified atom stereocenters. The summed E-state index contributed by atoms with van der Waals surface area (Å²) >= 11 is 0. The Morgan fingerprint density at radius 2 is 2.00 bits per heavy atom. The number of hydrogen-bond acceptors (Lipinski definition) is 8. The molecule has 0 spiro atoms. The number of amides is 1. The molecular formula is C20H25N5O4. The lowest BCUT2D eigenvalue weighted by Crippen LogP contribution is -2.46. The van der Waals surface area contributed by atoms with Gasteiger partial charge in [0.2, 0.25) is 12.7 Å². The van der Waals surface area contributed by atoms with Crippen LogP contribution in [0.25, 0.3) is 0 Å². The number of aromatic nitrogens is 2. The number of hydrogen-bond donors (Lipinski definition) is 1. The number of piperazine rings is 1. The number of nitrogens with zero attached hydrogens (tertiary/aromatic N) is 4. The fourth-order valence-corrected chi connectivity index (χ4v) is 3.39. The van der Waals surface area contributed by atoms with Crippen molar-refractivity contribution in [2.45, 2.75) is 6.54 Å². The first-order valence-corrected chi connectivity index (χ1v) is 9.69. The van der Waals surface area contributed by atoms with Crippen molar-refractivity contribution in [3.8, 4) is 11.5 Å². The maximum Gasteiger partial charge on any atom is 0.270 e. The highest BCUT2D eigenvalue weighted by atomic mass is 16.7. The highest BCUT2D eigenvalue weighted by molar-refractivity contribution is 5.92. The van der Waals surface area contributed by atoms with E-state index < -0.39 is 0 Å². The Balaban J connectivity index is 1.31. The Morgan fingerprint density at radius 1 is 1.17 bits per heavy atom. The van der Waals surface area contributed by atoms with E-state index in [1.165, 1.54) is 5.56 Å². The summed E-state index contributed by atoms with van der Waals surface area (Å²) in [7, 11) is 1.60. The first-order chi connectivity index (χ1) is 14.2. The molecule has 3 heterocycles. The highest BCUT2D eigenvalue weighted by Gasteiger charge is 2.21. The van der Waals surface area contributed by atoms with Crippen molar-refractivity contribution in [1.82, 2.24) is 20.2 Å². The van der Waals surface area contributed by atoms with Gasteiger partial charge in [-0.3, -0.25) is 9.69 Å². The molecule has 1 saturated heterocycles. The van der Waals surface area contributed by atoms with Gasteiger partial charge in [-0.25, -0.2) is 9.97 Å². The summed E-state index contributed by atoms with van der Waals surface area (Å²) in [5.74, 6) is 2.00. The number of nitrogens with one attached hydrogen (secondary N) is 1.